The lowest BCUT2D eigenvalue weighted by atomic mass is 10.1. The summed E-state index contributed by atoms with van der Waals surface area (Å²) in [4.78, 5) is 33.6. The summed E-state index contributed by atoms with van der Waals surface area (Å²) in [5.41, 5.74) is 1.92. The molecule has 1 aliphatic heterocycles. The Morgan fingerprint density at radius 3 is 1.56 bits per heavy atom. The second-order valence-electron chi connectivity index (χ2n) is 5.86. The number of carbonyl (C=O) groups excluding carboxylic acids is 2. The summed E-state index contributed by atoms with van der Waals surface area (Å²) in [7, 11) is 0. The van der Waals surface area contributed by atoms with E-state index in [4.69, 9.17) is 0 Å². The third kappa shape index (κ3) is 3.01. The number of hydrogen-bond acceptors (Lipinski definition) is 5. The van der Waals surface area contributed by atoms with E-state index in [2.05, 4.69) is 25.9 Å². The first kappa shape index (κ1) is 15.5. The summed E-state index contributed by atoms with van der Waals surface area (Å²) in [6.07, 6.45) is 0. The highest BCUT2D eigenvalue weighted by Crippen LogP contribution is 2.23. The van der Waals surface area contributed by atoms with Crippen molar-refractivity contribution < 1.29 is 9.59 Å². The number of fused-ring (bicyclic) bond motifs is 2. The van der Waals surface area contributed by atoms with Crippen LogP contribution in [0.2, 0.25) is 0 Å². The average molecular weight is 335 g/mol. The van der Waals surface area contributed by atoms with Crippen LogP contribution in [0.1, 0.15) is 21.0 Å². The van der Waals surface area contributed by atoms with E-state index in [0.29, 0.717) is 48.6 Å². The first-order valence-corrected chi connectivity index (χ1v) is 8.20. The second-order valence-corrected chi connectivity index (χ2v) is 5.86. The normalized spacial score (nSPS) is 16.0. The summed E-state index contributed by atoms with van der Waals surface area (Å²) < 4.78 is 0. The van der Waals surface area contributed by atoms with Crippen LogP contribution in [-0.4, -0.2) is 48.0 Å². The zero-order valence-electron chi connectivity index (χ0n) is 13.5. The number of benzene rings is 1. The van der Waals surface area contributed by atoms with E-state index in [1.54, 1.807) is 12.1 Å². The van der Waals surface area contributed by atoms with Gasteiger partial charge < -0.3 is 16.0 Å². The van der Waals surface area contributed by atoms with Crippen molar-refractivity contribution in [3.8, 4) is 0 Å². The van der Waals surface area contributed by atoms with Gasteiger partial charge in [-0.1, -0.05) is 24.3 Å². The molecule has 0 unspecified atom stereocenters. The molecule has 4 rings (SSSR count). The van der Waals surface area contributed by atoms with Crippen molar-refractivity contribution in [2.75, 3.05) is 26.2 Å². The maximum absolute atomic E-state index is 12.3. The Balaban J connectivity index is 1.91. The van der Waals surface area contributed by atoms with Crippen molar-refractivity contribution in [3.63, 3.8) is 0 Å². The van der Waals surface area contributed by atoms with Crippen molar-refractivity contribution in [2.24, 2.45) is 0 Å². The number of nitrogens with zero attached hydrogens (tertiary/aromatic N) is 2. The highest BCUT2D eigenvalue weighted by Gasteiger charge is 2.13. The smallest absolute Gasteiger partial charge is 0.269 e. The fourth-order valence-electron chi connectivity index (χ4n) is 2.86. The van der Waals surface area contributed by atoms with Crippen LogP contribution < -0.4 is 16.0 Å². The minimum absolute atomic E-state index is 0.221. The van der Waals surface area contributed by atoms with E-state index in [1.807, 2.05) is 24.3 Å². The standard InChI is InChI=1S/C18H17N5O2/c24-17-13-5-3-11-1-2-12-4-6-14(23-16(12)15(11)22-13)18(25)21-10-8-19-7-9-20-17/h1-6,19H,7-10H2,(H,20,24)(H,21,25). The molecule has 0 saturated carbocycles. The molecule has 0 atom stereocenters. The van der Waals surface area contributed by atoms with Crippen LogP contribution >= 0.6 is 0 Å². The summed E-state index contributed by atoms with van der Waals surface area (Å²) in [5, 5.41) is 10.6. The van der Waals surface area contributed by atoms with Gasteiger partial charge in [-0.25, -0.2) is 9.97 Å². The molecule has 2 amide bonds. The molecule has 0 saturated heterocycles. The number of hydrogen-bond donors (Lipinski definition) is 3. The fourth-order valence-corrected chi connectivity index (χ4v) is 2.86. The summed E-state index contributed by atoms with van der Waals surface area (Å²) >= 11 is 0. The van der Waals surface area contributed by atoms with Gasteiger partial charge in [-0.05, 0) is 12.1 Å². The van der Waals surface area contributed by atoms with E-state index in [9.17, 15) is 9.59 Å². The van der Waals surface area contributed by atoms with E-state index in [1.165, 1.54) is 0 Å². The zero-order valence-corrected chi connectivity index (χ0v) is 13.5. The molecule has 7 nitrogen and oxygen atoms in total. The second kappa shape index (κ2) is 6.45. The quantitative estimate of drug-likeness (QED) is 0.529. The Labute approximate surface area is 143 Å². The summed E-state index contributed by atoms with van der Waals surface area (Å²) in [5.74, 6) is -0.443. The Morgan fingerprint density at radius 1 is 0.640 bits per heavy atom. The average Bonchev–Trinajstić information content (AvgIpc) is 2.65. The van der Waals surface area contributed by atoms with Crippen molar-refractivity contribution in [3.05, 3.63) is 47.8 Å². The maximum atomic E-state index is 12.3. The molecule has 0 fully saturated rings. The van der Waals surface area contributed by atoms with Crippen LogP contribution in [0.4, 0.5) is 0 Å². The number of carbonyl (C=O) groups is 2. The van der Waals surface area contributed by atoms with Crippen LogP contribution in [0.3, 0.4) is 0 Å². The summed E-state index contributed by atoms with van der Waals surface area (Å²) in [6, 6.07) is 11.0. The van der Waals surface area contributed by atoms with Crippen molar-refractivity contribution in [1.29, 1.82) is 0 Å². The first-order chi connectivity index (χ1) is 12.2. The number of nitrogens with one attached hydrogen (secondary N) is 3. The lowest BCUT2D eigenvalue weighted by Crippen LogP contribution is -2.36. The van der Waals surface area contributed by atoms with Crippen LogP contribution in [-0.2, 0) is 0 Å². The number of rotatable bonds is 0. The molecule has 3 N–H and O–H groups in total. The molecule has 0 spiro atoms. The fraction of sp³-hybridized carbons (Fsp3) is 0.222. The van der Waals surface area contributed by atoms with Gasteiger partial charge in [0.1, 0.15) is 11.4 Å². The van der Waals surface area contributed by atoms with Crippen LogP contribution in [0.25, 0.3) is 21.8 Å². The van der Waals surface area contributed by atoms with Gasteiger partial charge in [0.2, 0.25) is 0 Å². The number of pyridine rings is 2. The minimum Gasteiger partial charge on any atom is -0.349 e. The summed E-state index contributed by atoms with van der Waals surface area (Å²) in [6.45, 7) is 2.21. The van der Waals surface area contributed by atoms with Crippen molar-refractivity contribution in [2.45, 2.75) is 0 Å². The van der Waals surface area contributed by atoms with Crippen molar-refractivity contribution in [1.82, 2.24) is 25.9 Å². The largest absolute Gasteiger partial charge is 0.349 e. The van der Waals surface area contributed by atoms with Gasteiger partial charge >= 0.3 is 0 Å². The van der Waals surface area contributed by atoms with E-state index in [0.717, 1.165) is 10.8 Å². The third-order valence-corrected chi connectivity index (χ3v) is 4.16. The van der Waals surface area contributed by atoms with Gasteiger partial charge in [-0.15, -0.1) is 0 Å². The van der Waals surface area contributed by atoms with E-state index < -0.39 is 0 Å². The van der Waals surface area contributed by atoms with Gasteiger partial charge in [0.15, 0.2) is 0 Å². The molecule has 25 heavy (non-hydrogen) atoms. The lowest BCUT2D eigenvalue weighted by molar-refractivity contribution is 0.0943. The Bertz CT molecular complexity index is 907. The molecule has 0 aliphatic carbocycles. The Hall–Kier alpha value is -3.06. The molecule has 0 radical (unpaired) electrons. The van der Waals surface area contributed by atoms with Crippen LogP contribution in [0.5, 0.6) is 0 Å². The number of amides is 2. The van der Waals surface area contributed by atoms with Gasteiger partial charge in [0, 0.05) is 37.0 Å². The predicted molar refractivity (Wildman–Crippen MR) is 94.6 cm³/mol. The lowest BCUT2D eigenvalue weighted by Gasteiger charge is -2.07. The van der Waals surface area contributed by atoms with E-state index >= 15 is 0 Å². The highest BCUT2D eigenvalue weighted by atomic mass is 16.2. The molecule has 1 aliphatic rings. The van der Waals surface area contributed by atoms with Crippen molar-refractivity contribution >= 4 is 33.6 Å². The molecule has 126 valence electrons. The molecule has 4 bridgehead atoms. The molecule has 1 aromatic carbocycles. The van der Waals surface area contributed by atoms with E-state index in [-0.39, 0.29) is 11.8 Å². The van der Waals surface area contributed by atoms with Gasteiger partial charge in [0.05, 0.1) is 11.0 Å². The van der Waals surface area contributed by atoms with Gasteiger partial charge in [0.25, 0.3) is 11.8 Å². The Morgan fingerprint density at radius 2 is 1.08 bits per heavy atom. The molecule has 2 aromatic heterocycles. The van der Waals surface area contributed by atoms with Crippen LogP contribution in [0, 0.1) is 0 Å². The van der Waals surface area contributed by atoms with Crippen LogP contribution in [0.15, 0.2) is 36.4 Å². The molecule has 3 heterocycles. The topological polar surface area (TPSA) is 96.0 Å². The monoisotopic (exact) mass is 335 g/mol. The van der Waals surface area contributed by atoms with Gasteiger partial charge in [-0.3, -0.25) is 9.59 Å². The number of aromatic nitrogens is 2. The SMILES string of the molecule is O=C1NCCNCCNC(=O)c2ccc3ccc4ccc1nc4c3n2. The minimum atomic E-state index is -0.221. The molecule has 3 aromatic rings. The van der Waals surface area contributed by atoms with Gasteiger partial charge in [-0.2, -0.15) is 0 Å². The predicted octanol–water partition coefficient (Wildman–Crippen LogP) is 0.846. The zero-order chi connectivity index (χ0) is 17.2. The molecule has 7 heteroatoms. The Kier molecular flexibility index (Phi) is 3.99. The highest BCUT2D eigenvalue weighted by molar-refractivity contribution is 6.06. The maximum Gasteiger partial charge on any atom is 0.269 e. The molecular weight excluding hydrogens is 318 g/mol. The molecular formula is C18H17N5O2. The first-order valence-electron chi connectivity index (χ1n) is 8.20. The third-order valence-electron chi connectivity index (χ3n) is 4.16.